The molecule has 11 nitrogen and oxygen atoms in total. The third-order valence-corrected chi connectivity index (χ3v) is 6.05. The monoisotopic (exact) mass is 511 g/mol. The number of hydrogen-bond donors (Lipinski definition) is 3. The average molecular weight is 511 g/mol. The minimum atomic E-state index is -4.29. The number of nitrogen functional groups attached to an aromatic ring is 1. The molecule has 1 aliphatic heterocycles. The zero-order valence-electron chi connectivity index (χ0n) is 19.4. The van der Waals surface area contributed by atoms with Crippen LogP contribution in [0.1, 0.15) is 25.3 Å². The van der Waals surface area contributed by atoms with Crippen LogP contribution < -0.4 is 16.4 Å². The van der Waals surface area contributed by atoms with Crippen molar-refractivity contribution in [1.82, 2.24) is 29.7 Å². The summed E-state index contributed by atoms with van der Waals surface area (Å²) in [5.41, 5.74) is 5.60. The van der Waals surface area contributed by atoms with Gasteiger partial charge in [-0.05, 0) is 37.6 Å². The van der Waals surface area contributed by atoms with Crippen LogP contribution in [0.15, 0.2) is 42.9 Å². The fraction of sp³-hybridized carbons (Fsp3) is 0.261. The number of rotatable bonds is 6. The van der Waals surface area contributed by atoms with Gasteiger partial charge in [0.2, 0.25) is 11.8 Å². The first-order valence-corrected chi connectivity index (χ1v) is 11.2. The Morgan fingerprint density at radius 3 is 2.73 bits per heavy atom. The molecule has 5 heterocycles. The topological polar surface area (TPSA) is 154 Å². The lowest BCUT2D eigenvalue weighted by Gasteiger charge is -2.21. The highest BCUT2D eigenvalue weighted by molar-refractivity contribution is 6.23. The summed E-state index contributed by atoms with van der Waals surface area (Å²) in [5.74, 6) is -1.35. The molecular weight excluding hydrogens is 491 g/mol. The molecule has 2 amide bonds. The Bertz CT molecular complexity index is 1520. The van der Waals surface area contributed by atoms with Crippen LogP contribution in [0.25, 0.3) is 22.6 Å². The van der Waals surface area contributed by atoms with Crippen LogP contribution in [0.3, 0.4) is 0 Å². The molecule has 1 unspecified atom stereocenters. The SMILES string of the molecule is CC1(C(=O)Nc2cccnc2)C(=O)Nc2nc(-c3nn(CCCC(F)(F)F)c4ncccc34)nc(N)c21. The number of carbonyl (C=O) groups is 2. The lowest BCUT2D eigenvalue weighted by molar-refractivity contribution is -0.136. The van der Waals surface area contributed by atoms with Gasteiger partial charge < -0.3 is 16.4 Å². The third-order valence-electron chi connectivity index (χ3n) is 6.05. The third kappa shape index (κ3) is 4.30. The second-order valence-corrected chi connectivity index (χ2v) is 8.60. The van der Waals surface area contributed by atoms with Crippen molar-refractivity contribution in [2.45, 2.75) is 37.9 Å². The largest absolute Gasteiger partial charge is 0.389 e. The fourth-order valence-electron chi connectivity index (χ4n) is 4.18. The number of aryl methyl sites for hydroxylation is 1. The molecule has 0 saturated carbocycles. The smallest absolute Gasteiger partial charge is 0.383 e. The molecule has 4 N–H and O–H groups in total. The van der Waals surface area contributed by atoms with Crippen molar-refractivity contribution in [2.75, 3.05) is 16.4 Å². The number of fused-ring (bicyclic) bond motifs is 2. The molecule has 14 heteroatoms. The first kappa shape index (κ1) is 24.1. The molecule has 1 aliphatic rings. The van der Waals surface area contributed by atoms with Crippen molar-refractivity contribution in [3.63, 3.8) is 0 Å². The van der Waals surface area contributed by atoms with E-state index in [1.165, 1.54) is 24.0 Å². The number of nitrogens with two attached hydrogens (primary N) is 1. The molecule has 0 radical (unpaired) electrons. The molecule has 190 valence electrons. The van der Waals surface area contributed by atoms with Crippen molar-refractivity contribution >= 4 is 40.2 Å². The molecule has 4 aromatic heterocycles. The van der Waals surface area contributed by atoms with Gasteiger partial charge in [0, 0.05) is 25.4 Å². The summed E-state index contributed by atoms with van der Waals surface area (Å²) in [5, 5.41) is 10.1. The van der Waals surface area contributed by atoms with E-state index in [2.05, 4.69) is 35.7 Å². The maximum Gasteiger partial charge on any atom is 0.389 e. The highest BCUT2D eigenvalue weighted by Crippen LogP contribution is 2.42. The number of nitrogens with one attached hydrogen (secondary N) is 2. The van der Waals surface area contributed by atoms with Crippen molar-refractivity contribution < 1.29 is 22.8 Å². The second-order valence-electron chi connectivity index (χ2n) is 8.60. The van der Waals surface area contributed by atoms with Gasteiger partial charge in [0.25, 0.3) is 0 Å². The lowest BCUT2D eigenvalue weighted by Crippen LogP contribution is -2.43. The van der Waals surface area contributed by atoms with Gasteiger partial charge in [-0.3, -0.25) is 14.6 Å². The van der Waals surface area contributed by atoms with Crippen molar-refractivity contribution in [3.8, 4) is 11.5 Å². The van der Waals surface area contributed by atoms with Crippen LogP contribution in [-0.4, -0.2) is 47.7 Å². The number of carbonyl (C=O) groups excluding carboxylic acids is 2. The highest BCUT2D eigenvalue weighted by atomic mass is 19.4. The number of nitrogens with zero attached hydrogens (tertiary/aromatic N) is 6. The van der Waals surface area contributed by atoms with E-state index < -0.39 is 29.8 Å². The van der Waals surface area contributed by atoms with E-state index in [4.69, 9.17) is 5.73 Å². The molecular formula is C23H20F3N9O2. The molecule has 1 atom stereocenters. The number of amides is 2. The Morgan fingerprint density at radius 2 is 2.00 bits per heavy atom. The highest BCUT2D eigenvalue weighted by Gasteiger charge is 2.52. The Kier molecular flexibility index (Phi) is 5.73. The summed E-state index contributed by atoms with van der Waals surface area (Å²) in [4.78, 5) is 43.0. The van der Waals surface area contributed by atoms with Crippen molar-refractivity contribution in [2.24, 2.45) is 0 Å². The van der Waals surface area contributed by atoms with Crippen LogP contribution in [0, 0.1) is 0 Å². The first-order chi connectivity index (χ1) is 17.6. The van der Waals surface area contributed by atoms with Crippen LogP contribution in [0.5, 0.6) is 0 Å². The second kappa shape index (κ2) is 8.80. The number of anilines is 3. The summed E-state index contributed by atoms with van der Waals surface area (Å²) >= 11 is 0. The maximum atomic E-state index is 13.2. The van der Waals surface area contributed by atoms with E-state index in [-0.39, 0.29) is 41.7 Å². The van der Waals surface area contributed by atoms with Crippen LogP contribution >= 0.6 is 0 Å². The molecule has 0 aliphatic carbocycles. The maximum absolute atomic E-state index is 13.2. The summed E-state index contributed by atoms with van der Waals surface area (Å²) in [6.07, 6.45) is -0.973. The molecule has 5 rings (SSSR count). The van der Waals surface area contributed by atoms with E-state index in [0.717, 1.165) is 0 Å². The van der Waals surface area contributed by atoms with Gasteiger partial charge in [-0.1, -0.05) is 0 Å². The Labute approximate surface area is 207 Å². The van der Waals surface area contributed by atoms with Gasteiger partial charge in [-0.2, -0.15) is 18.3 Å². The molecule has 0 saturated heterocycles. The van der Waals surface area contributed by atoms with Gasteiger partial charge >= 0.3 is 6.18 Å². The Morgan fingerprint density at radius 1 is 1.22 bits per heavy atom. The van der Waals surface area contributed by atoms with Gasteiger partial charge in [0.05, 0.1) is 22.8 Å². The first-order valence-electron chi connectivity index (χ1n) is 11.2. The zero-order valence-corrected chi connectivity index (χ0v) is 19.4. The minimum absolute atomic E-state index is 0.0287. The molecule has 0 aromatic carbocycles. The number of halogens is 3. The molecule has 0 spiro atoms. The van der Waals surface area contributed by atoms with Gasteiger partial charge in [0.1, 0.15) is 17.3 Å². The number of hydrogen-bond acceptors (Lipinski definition) is 8. The van der Waals surface area contributed by atoms with Gasteiger partial charge in [-0.25, -0.2) is 19.6 Å². The standard InChI is InChI=1S/C23H20F3N9O2/c1-22(20(36)30-12-5-2-8-28-11-12)14-16(27)31-18(32-17(14)33-21(22)37)15-13-6-3-9-29-19(13)35(34-15)10-4-7-23(24,25)26/h2-3,5-6,8-9,11H,4,7,10H2,1H3,(H,30,36)(H3,27,31,32,33,37). The predicted octanol–water partition coefficient (Wildman–Crippen LogP) is 3.06. The summed E-state index contributed by atoms with van der Waals surface area (Å²) in [6, 6.07) is 6.58. The normalized spacial score (nSPS) is 17.0. The van der Waals surface area contributed by atoms with E-state index in [1.807, 2.05) is 0 Å². The Balaban J connectivity index is 1.52. The fourth-order valence-corrected chi connectivity index (χ4v) is 4.18. The number of aromatic nitrogens is 6. The number of pyridine rings is 2. The molecule has 4 aromatic rings. The van der Waals surface area contributed by atoms with Gasteiger partial charge in [-0.15, -0.1) is 0 Å². The van der Waals surface area contributed by atoms with Gasteiger partial charge in [0.15, 0.2) is 16.9 Å². The quantitative estimate of drug-likeness (QED) is 0.334. The average Bonchev–Trinajstić information content (AvgIpc) is 3.34. The Hall–Kier alpha value is -4.62. The van der Waals surface area contributed by atoms with E-state index in [9.17, 15) is 22.8 Å². The molecule has 37 heavy (non-hydrogen) atoms. The zero-order chi connectivity index (χ0) is 26.4. The molecule has 0 fully saturated rings. The lowest BCUT2D eigenvalue weighted by atomic mass is 9.83. The molecule has 0 bridgehead atoms. The number of alkyl halides is 3. The van der Waals surface area contributed by atoms with E-state index in [1.54, 1.807) is 30.5 Å². The minimum Gasteiger partial charge on any atom is -0.383 e. The van der Waals surface area contributed by atoms with Crippen LogP contribution in [0.4, 0.5) is 30.5 Å². The van der Waals surface area contributed by atoms with Crippen molar-refractivity contribution in [3.05, 3.63) is 48.4 Å². The van der Waals surface area contributed by atoms with E-state index >= 15 is 0 Å². The summed E-state index contributed by atoms with van der Waals surface area (Å²) in [7, 11) is 0. The summed E-state index contributed by atoms with van der Waals surface area (Å²) in [6.45, 7) is 1.38. The van der Waals surface area contributed by atoms with Crippen molar-refractivity contribution in [1.29, 1.82) is 0 Å². The van der Waals surface area contributed by atoms with Crippen LogP contribution in [0.2, 0.25) is 0 Å². The van der Waals surface area contributed by atoms with E-state index in [0.29, 0.717) is 16.7 Å². The predicted molar refractivity (Wildman–Crippen MR) is 127 cm³/mol. The summed E-state index contributed by atoms with van der Waals surface area (Å²) < 4.78 is 39.3. The van der Waals surface area contributed by atoms with Crippen LogP contribution in [-0.2, 0) is 21.5 Å².